The summed E-state index contributed by atoms with van der Waals surface area (Å²) >= 11 is 0. The van der Waals surface area contributed by atoms with Gasteiger partial charge in [0, 0.05) is 37.4 Å². The molecular formula is C14H19N5O. The van der Waals surface area contributed by atoms with Crippen molar-refractivity contribution in [2.24, 2.45) is 5.92 Å². The molecule has 0 amide bonds. The number of aliphatic hydroxyl groups excluding tert-OH is 1. The Morgan fingerprint density at radius 3 is 2.75 bits per heavy atom. The Balaban J connectivity index is 1.62. The van der Waals surface area contributed by atoms with Crippen molar-refractivity contribution in [3.63, 3.8) is 0 Å². The van der Waals surface area contributed by atoms with Crippen molar-refractivity contribution >= 4 is 5.95 Å². The summed E-state index contributed by atoms with van der Waals surface area (Å²) < 4.78 is 0. The smallest absolute Gasteiger partial charge is 0.225 e. The minimum atomic E-state index is -0.509. The van der Waals surface area contributed by atoms with Gasteiger partial charge in [0.05, 0.1) is 0 Å². The Morgan fingerprint density at radius 2 is 2.10 bits per heavy atom. The fraction of sp³-hybridized carbons (Fsp3) is 0.500. The number of aryl methyl sites for hydroxylation is 1. The zero-order valence-electron chi connectivity index (χ0n) is 11.5. The molecule has 0 aliphatic carbocycles. The van der Waals surface area contributed by atoms with Crippen molar-refractivity contribution in [2.75, 3.05) is 18.0 Å². The van der Waals surface area contributed by atoms with Crippen molar-refractivity contribution in [1.29, 1.82) is 0 Å². The maximum absolute atomic E-state index is 10.3. The first kappa shape index (κ1) is 13.1. The predicted molar refractivity (Wildman–Crippen MR) is 75.3 cm³/mol. The van der Waals surface area contributed by atoms with Crippen molar-refractivity contribution in [3.05, 3.63) is 36.2 Å². The molecular weight excluding hydrogens is 254 g/mol. The van der Waals surface area contributed by atoms with Crippen LogP contribution in [0.3, 0.4) is 0 Å². The van der Waals surface area contributed by atoms with Crippen LogP contribution in [0.2, 0.25) is 0 Å². The molecule has 6 heteroatoms. The average Bonchev–Trinajstić information content (AvgIpc) is 3.01. The van der Waals surface area contributed by atoms with E-state index < -0.39 is 6.10 Å². The fourth-order valence-electron chi connectivity index (χ4n) is 2.67. The molecule has 6 nitrogen and oxygen atoms in total. The first-order valence-corrected chi connectivity index (χ1v) is 6.96. The predicted octanol–water partition coefficient (Wildman–Crippen LogP) is 1.46. The number of nitrogens with one attached hydrogen (secondary N) is 1. The van der Waals surface area contributed by atoms with Gasteiger partial charge >= 0.3 is 0 Å². The molecule has 2 aromatic rings. The van der Waals surface area contributed by atoms with Crippen molar-refractivity contribution in [1.82, 2.24) is 19.9 Å². The molecule has 1 fully saturated rings. The SMILES string of the molecule is Cc1ccnc(N2CCC(C(O)c3ncc[nH]3)CC2)n1. The van der Waals surface area contributed by atoms with Crippen LogP contribution in [0.25, 0.3) is 0 Å². The fourth-order valence-corrected chi connectivity index (χ4v) is 2.67. The molecule has 1 saturated heterocycles. The molecule has 3 rings (SSSR count). The van der Waals surface area contributed by atoms with Gasteiger partial charge in [-0.25, -0.2) is 15.0 Å². The highest BCUT2D eigenvalue weighted by Crippen LogP contribution is 2.29. The van der Waals surface area contributed by atoms with Crippen LogP contribution < -0.4 is 4.90 Å². The second-order valence-electron chi connectivity index (χ2n) is 5.24. The summed E-state index contributed by atoms with van der Waals surface area (Å²) in [6.07, 6.45) is 6.54. The summed E-state index contributed by atoms with van der Waals surface area (Å²) in [4.78, 5) is 18.1. The first-order chi connectivity index (χ1) is 9.74. The number of hydrogen-bond acceptors (Lipinski definition) is 5. The zero-order valence-corrected chi connectivity index (χ0v) is 11.5. The summed E-state index contributed by atoms with van der Waals surface area (Å²) in [5.74, 6) is 1.69. The molecule has 0 spiro atoms. The minimum Gasteiger partial charge on any atom is -0.385 e. The van der Waals surface area contributed by atoms with E-state index in [1.54, 1.807) is 18.6 Å². The van der Waals surface area contributed by atoms with Crippen LogP contribution in [0.5, 0.6) is 0 Å². The largest absolute Gasteiger partial charge is 0.385 e. The van der Waals surface area contributed by atoms with E-state index >= 15 is 0 Å². The molecule has 0 saturated carbocycles. The standard InChI is InChI=1S/C14H19N5O/c1-10-2-5-17-14(18-10)19-8-3-11(4-9-19)12(20)13-15-6-7-16-13/h2,5-7,11-12,20H,3-4,8-9H2,1H3,(H,15,16). The van der Waals surface area contributed by atoms with E-state index in [0.717, 1.165) is 37.6 Å². The molecule has 0 aromatic carbocycles. The van der Waals surface area contributed by atoms with Crippen LogP contribution >= 0.6 is 0 Å². The highest BCUT2D eigenvalue weighted by Gasteiger charge is 2.28. The average molecular weight is 273 g/mol. The number of aliphatic hydroxyl groups is 1. The van der Waals surface area contributed by atoms with Crippen LogP contribution in [0, 0.1) is 12.8 Å². The Bertz CT molecular complexity index is 548. The van der Waals surface area contributed by atoms with Crippen molar-refractivity contribution in [2.45, 2.75) is 25.9 Å². The van der Waals surface area contributed by atoms with Gasteiger partial charge in [-0.3, -0.25) is 0 Å². The molecule has 106 valence electrons. The molecule has 1 unspecified atom stereocenters. The number of imidazole rings is 1. The third-order valence-corrected chi connectivity index (χ3v) is 3.85. The monoisotopic (exact) mass is 273 g/mol. The highest BCUT2D eigenvalue weighted by molar-refractivity contribution is 5.30. The number of rotatable bonds is 3. The van der Waals surface area contributed by atoms with Gasteiger partial charge in [-0.2, -0.15) is 0 Å². The van der Waals surface area contributed by atoms with E-state index in [1.807, 2.05) is 13.0 Å². The highest BCUT2D eigenvalue weighted by atomic mass is 16.3. The lowest BCUT2D eigenvalue weighted by molar-refractivity contribution is 0.0855. The summed E-state index contributed by atoms with van der Waals surface area (Å²) in [6, 6.07) is 1.90. The molecule has 2 N–H and O–H groups in total. The quantitative estimate of drug-likeness (QED) is 0.885. The van der Waals surface area contributed by atoms with E-state index in [4.69, 9.17) is 0 Å². The number of H-pyrrole nitrogens is 1. The third-order valence-electron chi connectivity index (χ3n) is 3.85. The minimum absolute atomic E-state index is 0.238. The summed E-state index contributed by atoms with van der Waals surface area (Å²) in [5, 5.41) is 10.3. The topological polar surface area (TPSA) is 77.9 Å². The Morgan fingerprint density at radius 1 is 1.30 bits per heavy atom. The molecule has 2 aromatic heterocycles. The molecule has 20 heavy (non-hydrogen) atoms. The van der Waals surface area contributed by atoms with E-state index in [-0.39, 0.29) is 5.92 Å². The number of piperidine rings is 1. The maximum Gasteiger partial charge on any atom is 0.225 e. The summed E-state index contributed by atoms with van der Waals surface area (Å²) in [6.45, 7) is 3.70. The zero-order chi connectivity index (χ0) is 13.9. The third kappa shape index (κ3) is 2.65. The lowest BCUT2D eigenvalue weighted by Gasteiger charge is -2.33. The Hall–Kier alpha value is -1.95. The number of anilines is 1. The van der Waals surface area contributed by atoms with E-state index in [9.17, 15) is 5.11 Å². The molecule has 1 aliphatic heterocycles. The number of hydrogen-bond donors (Lipinski definition) is 2. The van der Waals surface area contributed by atoms with Gasteiger partial charge in [-0.15, -0.1) is 0 Å². The van der Waals surface area contributed by atoms with Gasteiger partial charge in [-0.1, -0.05) is 0 Å². The maximum atomic E-state index is 10.3. The number of aromatic nitrogens is 4. The van der Waals surface area contributed by atoms with Crippen LogP contribution in [-0.2, 0) is 0 Å². The Kier molecular flexibility index (Phi) is 3.64. The number of aromatic amines is 1. The van der Waals surface area contributed by atoms with Gasteiger partial charge in [0.2, 0.25) is 5.95 Å². The molecule has 1 aliphatic rings. The van der Waals surface area contributed by atoms with Gasteiger partial charge in [-0.05, 0) is 31.7 Å². The molecule has 0 bridgehead atoms. The second-order valence-corrected chi connectivity index (χ2v) is 5.24. The van der Waals surface area contributed by atoms with Crippen LogP contribution in [0.15, 0.2) is 24.7 Å². The Labute approximate surface area is 117 Å². The summed E-state index contributed by atoms with van der Waals surface area (Å²) in [7, 11) is 0. The van der Waals surface area contributed by atoms with Gasteiger partial charge in [0.1, 0.15) is 11.9 Å². The second kappa shape index (κ2) is 5.58. The van der Waals surface area contributed by atoms with Crippen LogP contribution in [0.1, 0.15) is 30.5 Å². The van der Waals surface area contributed by atoms with E-state index in [0.29, 0.717) is 5.82 Å². The van der Waals surface area contributed by atoms with Gasteiger partial charge in [0.15, 0.2) is 0 Å². The normalized spacial score (nSPS) is 18.2. The lowest BCUT2D eigenvalue weighted by atomic mass is 9.91. The van der Waals surface area contributed by atoms with E-state index in [1.165, 1.54) is 0 Å². The van der Waals surface area contributed by atoms with Gasteiger partial charge in [0.25, 0.3) is 0 Å². The first-order valence-electron chi connectivity index (χ1n) is 6.96. The van der Waals surface area contributed by atoms with Crippen molar-refractivity contribution in [3.8, 4) is 0 Å². The molecule has 0 radical (unpaired) electrons. The molecule has 3 heterocycles. The van der Waals surface area contributed by atoms with E-state index in [2.05, 4.69) is 24.8 Å². The number of nitrogens with zero attached hydrogens (tertiary/aromatic N) is 4. The van der Waals surface area contributed by atoms with Crippen LogP contribution in [0.4, 0.5) is 5.95 Å². The summed E-state index contributed by atoms with van der Waals surface area (Å²) in [5.41, 5.74) is 0.979. The van der Waals surface area contributed by atoms with Crippen LogP contribution in [-0.4, -0.2) is 38.1 Å². The molecule has 1 atom stereocenters. The van der Waals surface area contributed by atoms with Crippen molar-refractivity contribution < 1.29 is 5.11 Å². The lowest BCUT2D eigenvalue weighted by Crippen LogP contribution is -2.36. The van der Waals surface area contributed by atoms with Gasteiger partial charge < -0.3 is 15.0 Å².